The predicted octanol–water partition coefficient (Wildman–Crippen LogP) is 3.27. The number of hydrogen-bond acceptors (Lipinski definition) is 4. The molecule has 1 amide bonds. The zero-order chi connectivity index (χ0) is 15.4. The van der Waals surface area contributed by atoms with Gasteiger partial charge in [0.15, 0.2) is 0 Å². The van der Waals surface area contributed by atoms with Gasteiger partial charge < -0.3 is 14.2 Å². The molecule has 0 N–H and O–H groups in total. The van der Waals surface area contributed by atoms with Crippen molar-refractivity contribution in [1.29, 1.82) is 0 Å². The van der Waals surface area contributed by atoms with Crippen LogP contribution < -0.4 is 4.74 Å². The number of hydrogen-bond donors (Lipinski definition) is 0. The Balaban J connectivity index is 1.62. The van der Waals surface area contributed by atoms with E-state index < -0.39 is 0 Å². The molecule has 0 spiro atoms. The second-order valence-electron chi connectivity index (χ2n) is 5.65. The van der Waals surface area contributed by atoms with E-state index in [1.165, 1.54) is 6.42 Å². The van der Waals surface area contributed by atoms with Crippen LogP contribution in [-0.4, -0.2) is 28.6 Å². The molecular formula is C17H20N2O3. The van der Waals surface area contributed by atoms with E-state index in [9.17, 15) is 4.79 Å². The fraction of sp³-hybridized carbons (Fsp3) is 0.412. The van der Waals surface area contributed by atoms with Gasteiger partial charge in [0.25, 0.3) is 11.8 Å². The van der Waals surface area contributed by atoms with Gasteiger partial charge in [-0.1, -0.05) is 30.3 Å². The Morgan fingerprint density at radius 3 is 2.95 bits per heavy atom. The summed E-state index contributed by atoms with van der Waals surface area (Å²) in [6, 6.07) is 11.6. The summed E-state index contributed by atoms with van der Waals surface area (Å²) in [6.45, 7) is 3.25. The fourth-order valence-electron chi connectivity index (χ4n) is 2.70. The van der Waals surface area contributed by atoms with E-state index in [1.54, 1.807) is 6.07 Å². The van der Waals surface area contributed by atoms with Crippen LogP contribution in [0.5, 0.6) is 5.88 Å². The van der Waals surface area contributed by atoms with Crippen molar-refractivity contribution in [3.8, 4) is 5.88 Å². The first-order valence-corrected chi connectivity index (χ1v) is 7.68. The molecule has 1 aliphatic rings. The van der Waals surface area contributed by atoms with Gasteiger partial charge in [-0.2, -0.15) is 0 Å². The zero-order valence-electron chi connectivity index (χ0n) is 12.7. The van der Waals surface area contributed by atoms with Gasteiger partial charge in [0.05, 0.1) is 6.07 Å². The third kappa shape index (κ3) is 3.30. The van der Waals surface area contributed by atoms with E-state index in [1.807, 2.05) is 35.2 Å². The lowest BCUT2D eigenvalue weighted by atomic mass is 10.0. The minimum absolute atomic E-state index is 0.103. The maximum absolute atomic E-state index is 12.4. The third-order valence-electron chi connectivity index (χ3n) is 3.99. The topological polar surface area (TPSA) is 55.6 Å². The van der Waals surface area contributed by atoms with Gasteiger partial charge in [0.2, 0.25) is 5.76 Å². The lowest BCUT2D eigenvalue weighted by molar-refractivity contribution is 0.0593. The van der Waals surface area contributed by atoms with E-state index in [2.05, 4.69) is 12.1 Å². The Labute approximate surface area is 129 Å². The van der Waals surface area contributed by atoms with Crippen molar-refractivity contribution < 1.29 is 14.1 Å². The summed E-state index contributed by atoms with van der Waals surface area (Å²) in [5.41, 5.74) is 1.04. The molecule has 0 radical (unpaired) electrons. The molecule has 22 heavy (non-hydrogen) atoms. The molecule has 1 atom stereocenters. The van der Waals surface area contributed by atoms with Crippen molar-refractivity contribution in [2.45, 2.75) is 38.8 Å². The van der Waals surface area contributed by atoms with Crippen LogP contribution in [0.15, 0.2) is 40.9 Å². The number of nitrogens with zero attached hydrogens (tertiary/aromatic N) is 2. The first kappa shape index (κ1) is 14.6. The van der Waals surface area contributed by atoms with Crippen molar-refractivity contribution in [2.75, 3.05) is 6.54 Å². The Kier molecular flexibility index (Phi) is 4.42. The molecule has 0 bridgehead atoms. The molecule has 1 saturated heterocycles. The van der Waals surface area contributed by atoms with E-state index in [0.29, 0.717) is 12.5 Å². The molecule has 1 aromatic carbocycles. The summed E-state index contributed by atoms with van der Waals surface area (Å²) in [5, 5.41) is 3.83. The fourth-order valence-corrected chi connectivity index (χ4v) is 2.70. The van der Waals surface area contributed by atoms with Crippen LogP contribution in [0.1, 0.15) is 42.3 Å². The minimum Gasteiger partial charge on any atom is -0.471 e. The van der Waals surface area contributed by atoms with Crippen molar-refractivity contribution in [2.24, 2.45) is 0 Å². The van der Waals surface area contributed by atoms with Crippen LogP contribution in [0.4, 0.5) is 0 Å². The lowest BCUT2D eigenvalue weighted by Crippen LogP contribution is -2.41. The second kappa shape index (κ2) is 6.64. The Bertz CT molecular complexity index is 624. The number of carbonyl (C=O) groups excluding carboxylic acids is 1. The van der Waals surface area contributed by atoms with E-state index in [4.69, 9.17) is 9.26 Å². The minimum atomic E-state index is -0.103. The molecule has 1 unspecified atom stereocenters. The van der Waals surface area contributed by atoms with Gasteiger partial charge in [0.1, 0.15) is 6.61 Å². The number of carbonyl (C=O) groups is 1. The van der Waals surface area contributed by atoms with Crippen LogP contribution in [0.25, 0.3) is 0 Å². The summed E-state index contributed by atoms with van der Waals surface area (Å²) < 4.78 is 10.7. The normalized spacial score (nSPS) is 18.2. The van der Waals surface area contributed by atoms with Gasteiger partial charge in [-0.05, 0) is 36.9 Å². The zero-order valence-corrected chi connectivity index (χ0v) is 12.7. The largest absolute Gasteiger partial charge is 0.471 e. The number of ether oxygens (including phenoxy) is 1. The summed E-state index contributed by atoms with van der Waals surface area (Å²) >= 11 is 0. The summed E-state index contributed by atoms with van der Waals surface area (Å²) in [7, 11) is 0. The molecular weight excluding hydrogens is 280 g/mol. The smallest absolute Gasteiger partial charge is 0.292 e. The quantitative estimate of drug-likeness (QED) is 0.869. The highest BCUT2D eigenvalue weighted by molar-refractivity contribution is 5.91. The molecule has 1 aromatic heterocycles. The second-order valence-corrected chi connectivity index (χ2v) is 5.65. The van der Waals surface area contributed by atoms with Crippen LogP contribution in [0.2, 0.25) is 0 Å². The van der Waals surface area contributed by atoms with Gasteiger partial charge in [0, 0.05) is 12.6 Å². The Hall–Kier alpha value is -2.30. The molecule has 5 nitrogen and oxygen atoms in total. The van der Waals surface area contributed by atoms with Crippen LogP contribution >= 0.6 is 0 Å². The molecule has 0 saturated carbocycles. The van der Waals surface area contributed by atoms with Crippen LogP contribution in [0, 0.1) is 0 Å². The maximum Gasteiger partial charge on any atom is 0.292 e. The Morgan fingerprint density at radius 2 is 2.18 bits per heavy atom. The first-order chi connectivity index (χ1) is 10.7. The molecule has 2 heterocycles. The van der Waals surface area contributed by atoms with Crippen molar-refractivity contribution in [3.63, 3.8) is 0 Å². The van der Waals surface area contributed by atoms with Crippen molar-refractivity contribution in [1.82, 2.24) is 10.1 Å². The maximum atomic E-state index is 12.4. The van der Waals surface area contributed by atoms with E-state index >= 15 is 0 Å². The highest BCUT2D eigenvalue weighted by Gasteiger charge is 2.27. The highest BCUT2D eigenvalue weighted by Crippen LogP contribution is 2.21. The molecule has 1 fully saturated rings. The molecule has 116 valence electrons. The van der Waals surface area contributed by atoms with Gasteiger partial charge >= 0.3 is 0 Å². The third-order valence-corrected chi connectivity index (χ3v) is 3.99. The lowest BCUT2D eigenvalue weighted by Gasteiger charge is -2.32. The number of rotatable bonds is 4. The average molecular weight is 300 g/mol. The van der Waals surface area contributed by atoms with Crippen LogP contribution in [0.3, 0.4) is 0 Å². The summed E-state index contributed by atoms with van der Waals surface area (Å²) in [5.74, 6) is 0.489. The molecule has 0 aliphatic carbocycles. The van der Waals surface area contributed by atoms with Crippen molar-refractivity contribution in [3.05, 3.63) is 47.7 Å². The Morgan fingerprint density at radius 1 is 1.36 bits per heavy atom. The SMILES string of the molecule is CC1CCCCN1C(=O)c1cc(OCc2ccccc2)no1. The number of aromatic nitrogens is 1. The molecule has 2 aromatic rings. The molecule has 5 heteroatoms. The summed E-state index contributed by atoms with van der Waals surface area (Å²) in [6.07, 6.45) is 3.26. The molecule has 3 rings (SSSR count). The van der Waals surface area contributed by atoms with E-state index in [-0.39, 0.29) is 17.7 Å². The predicted molar refractivity (Wildman–Crippen MR) is 81.6 cm³/mol. The van der Waals surface area contributed by atoms with Crippen molar-refractivity contribution >= 4 is 5.91 Å². The number of piperidine rings is 1. The number of likely N-dealkylation sites (tertiary alicyclic amines) is 1. The van der Waals surface area contributed by atoms with Crippen LogP contribution in [-0.2, 0) is 6.61 Å². The monoisotopic (exact) mass is 300 g/mol. The highest BCUT2D eigenvalue weighted by atomic mass is 16.5. The van der Waals surface area contributed by atoms with Gasteiger partial charge in [-0.3, -0.25) is 4.79 Å². The van der Waals surface area contributed by atoms with E-state index in [0.717, 1.165) is 24.9 Å². The van der Waals surface area contributed by atoms with Gasteiger partial charge in [-0.25, -0.2) is 0 Å². The standard InChI is InChI=1S/C17H20N2O3/c1-13-7-5-6-10-19(13)17(20)15-11-16(18-22-15)21-12-14-8-3-2-4-9-14/h2-4,8-9,11,13H,5-7,10,12H2,1H3. The summed E-state index contributed by atoms with van der Waals surface area (Å²) in [4.78, 5) is 14.3. The van der Waals surface area contributed by atoms with Gasteiger partial charge in [-0.15, -0.1) is 0 Å². The first-order valence-electron chi connectivity index (χ1n) is 7.68. The average Bonchev–Trinajstić information content (AvgIpc) is 3.03. The number of benzene rings is 1. The number of amides is 1. The molecule has 1 aliphatic heterocycles.